The first kappa shape index (κ1) is 14.5. The lowest BCUT2D eigenvalue weighted by molar-refractivity contribution is 0.273. The van der Waals surface area contributed by atoms with E-state index in [0.29, 0.717) is 11.3 Å². The molecule has 0 saturated heterocycles. The molecule has 0 bridgehead atoms. The fraction of sp³-hybridized carbons (Fsp3) is 0.364. The predicted molar refractivity (Wildman–Crippen MR) is 68.3 cm³/mol. The summed E-state index contributed by atoms with van der Waals surface area (Å²) in [5, 5.41) is 9.14. The van der Waals surface area contributed by atoms with E-state index in [1.807, 2.05) is 0 Å². The zero-order valence-corrected chi connectivity index (χ0v) is 11.3. The number of hydrogen-bond donors (Lipinski definition) is 1. The maximum atomic E-state index is 11.9. The third-order valence-corrected chi connectivity index (χ3v) is 3.36. The summed E-state index contributed by atoms with van der Waals surface area (Å²) < 4.78 is 32.2. The van der Waals surface area contributed by atoms with Gasteiger partial charge in [-0.1, -0.05) is 0 Å². The van der Waals surface area contributed by atoms with Gasteiger partial charge in [0.15, 0.2) is 0 Å². The van der Waals surface area contributed by atoms with Gasteiger partial charge in [0.25, 0.3) is 10.0 Å². The van der Waals surface area contributed by atoms with Gasteiger partial charge < -0.3 is 14.7 Å². The molecule has 0 aliphatic carbocycles. The quantitative estimate of drug-likeness (QED) is 0.622. The van der Waals surface area contributed by atoms with Crippen molar-refractivity contribution in [2.75, 3.05) is 21.2 Å². The smallest absolute Gasteiger partial charge is 0.283 e. The highest BCUT2D eigenvalue weighted by Crippen LogP contribution is 2.23. The van der Waals surface area contributed by atoms with Crippen molar-refractivity contribution >= 4 is 16.4 Å². The van der Waals surface area contributed by atoms with Gasteiger partial charge in [-0.05, 0) is 18.2 Å². The van der Waals surface area contributed by atoms with Crippen molar-refractivity contribution in [2.45, 2.75) is 11.5 Å². The molecule has 1 N–H and O–H groups in total. The average molecular weight is 272 g/mol. The molecule has 0 aliphatic heterocycles. The molecule has 0 atom stereocenters. The van der Waals surface area contributed by atoms with Crippen LogP contribution < -0.4 is 4.74 Å². The molecule has 18 heavy (non-hydrogen) atoms. The number of rotatable bonds is 5. The van der Waals surface area contributed by atoms with Gasteiger partial charge >= 0.3 is 0 Å². The molecule has 0 spiro atoms. The van der Waals surface area contributed by atoms with Gasteiger partial charge in [-0.2, -0.15) is 8.42 Å². The van der Waals surface area contributed by atoms with E-state index in [1.54, 1.807) is 14.1 Å². The van der Waals surface area contributed by atoms with E-state index in [2.05, 4.69) is 4.40 Å². The summed E-state index contributed by atoms with van der Waals surface area (Å²) in [5.41, 5.74) is 0.402. The maximum absolute atomic E-state index is 11.9. The highest BCUT2D eigenvalue weighted by atomic mass is 32.2. The molecule has 0 amide bonds. The van der Waals surface area contributed by atoms with Gasteiger partial charge in [0.1, 0.15) is 12.1 Å². The number of sulfonamides is 1. The molecule has 0 fully saturated rings. The van der Waals surface area contributed by atoms with Crippen molar-refractivity contribution in [2.24, 2.45) is 4.40 Å². The summed E-state index contributed by atoms with van der Waals surface area (Å²) >= 11 is 0. The number of aliphatic hydroxyl groups is 1. The van der Waals surface area contributed by atoms with Crippen LogP contribution in [0.2, 0.25) is 0 Å². The molecule has 0 aliphatic rings. The van der Waals surface area contributed by atoms with Gasteiger partial charge in [0, 0.05) is 19.7 Å². The Kier molecular flexibility index (Phi) is 4.69. The van der Waals surface area contributed by atoms with Crippen LogP contribution in [-0.2, 0) is 16.6 Å². The van der Waals surface area contributed by atoms with E-state index in [9.17, 15) is 8.42 Å². The molecule has 1 rings (SSSR count). The normalized spacial score (nSPS) is 11.8. The molecule has 1 aromatic rings. The summed E-state index contributed by atoms with van der Waals surface area (Å²) in [7, 11) is 1.05. The Labute approximate surface area is 107 Å². The van der Waals surface area contributed by atoms with Gasteiger partial charge in [-0.3, -0.25) is 0 Å². The molecule has 0 radical (unpaired) electrons. The summed E-state index contributed by atoms with van der Waals surface area (Å²) in [4.78, 5) is 1.54. The van der Waals surface area contributed by atoms with Crippen molar-refractivity contribution in [3.05, 3.63) is 23.8 Å². The number of ether oxygens (including phenoxy) is 1. The Morgan fingerprint density at radius 3 is 2.61 bits per heavy atom. The minimum atomic E-state index is -3.75. The van der Waals surface area contributed by atoms with E-state index in [4.69, 9.17) is 9.84 Å². The standard InChI is InChI=1S/C11H16N2O4S/c1-13(2)8-12-18(15,16)10-4-5-11(17-3)9(6-10)7-14/h4-6,8,14H,7H2,1-3H3. The van der Waals surface area contributed by atoms with Crippen LogP contribution in [0.3, 0.4) is 0 Å². The van der Waals surface area contributed by atoms with Gasteiger partial charge in [0.2, 0.25) is 0 Å². The summed E-state index contributed by atoms with van der Waals surface area (Å²) in [6.45, 7) is -0.302. The van der Waals surface area contributed by atoms with Crippen LogP contribution in [0.4, 0.5) is 0 Å². The third-order valence-electron chi connectivity index (χ3n) is 2.14. The Morgan fingerprint density at radius 1 is 1.44 bits per heavy atom. The highest BCUT2D eigenvalue weighted by Gasteiger charge is 2.14. The molecule has 0 saturated carbocycles. The molecule has 0 unspecified atom stereocenters. The van der Waals surface area contributed by atoms with Crippen molar-refractivity contribution in [1.82, 2.24) is 4.90 Å². The Bertz CT molecular complexity index is 538. The van der Waals surface area contributed by atoms with Gasteiger partial charge in [-0.25, -0.2) is 0 Å². The largest absolute Gasteiger partial charge is 0.496 e. The van der Waals surface area contributed by atoms with E-state index < -0.39 is 10.0 Å². The number of methoxy groups -OCH3 is 1. The Morgan fingerprint density at radius 2 is 2.11 bits per heavy atom. The minimum Gasteiger partial charge on any atom is -0.496 e. The first-order chi connectivity index (χ1) is 8.40. The summed E-state index contributed by atoms with van der Waals surface area (Å²) in [6.07, 6.45) is 1.21. The molecule has 6 nitrogen and oxygen atoms in total. The van der Waals surface area contributed by atoms with Crippen molar-refractivity contribution in [3.63, 3.8) is 0 Å². The highest BCUT2D eigenvalue weighted by molar-refractivity contribution is 7.90. The number of nitrogens with zero attached hydrogens (tertiary/aromatic N) is 2. The Hall–Kier alpha value is -1.60. The van der Waals surface area contributed by atoms with E-state index in [-0.39, 0.29) is 11.5 Å². The van der Waals surface area contributed by atoms with Crippen LogP contribution in [0.1, 0.15) is 5.56 Å². The van der Waals surface area contributed by atoms with Crippen LogP contribution in [0.15, 0.2) is 27.5 Å². The predicted octanol–water partition coefficient (Wildman–Crippen LogP) is 0.466. The van der Waals surface area contributed by atoms with E-state index in [0.717, 1.165) is 0 Å². The van der Waals surface area contributed by atoms with Gasteiger partial charge in [0.05, 0.1) is 18.6 Å². The zero-order chi connectivity index (χ0) is 13.8. The monoisotopic (exact) mass is 272 g/mol. The summed E-state index contributed by atoms with van der Waals surface area (Å²) in [5.74, 6) is 0.438. The second-order valence-corrected chi connectivity index (χ2v) is 5.42. The number of hydrogen-bond acceptors (Lipinski definition) is 4. The first-order valence-corrected chi connectivity index (χ1v) is 6.59. The van der Waals surface area contributed by atoms with Crippen LogP contribution in [0, 0.1) is 0 Å². The van der Waals surface area contributed by atoms with Crippen LogP contribution in [0.25, 0.3) is 0 Å². The molecule has 7 heteroatoms. The SMILES string of the molecule is COc1ccc(S(=O)(=O)N=CN(C)C)cc1CO. The zero-order valence-electron chi connectivity index (χ0n) is 10.5. The molecule has 0 heterocycles. The van der Waals surface area contributed by atoms with Crippen LogP contribution in [0.5, 0.6) is 5.75 Å². The van der Waals surface area contributed by atoms with Crippen molar-refractivity contribution in [3.8, 4) is 5.75 Å². The lowest BCUT2D eigenvalue weighted by atomic mass is 10.2. The molecular formula is C11H16N2O4S. The topological polar surface area (TPSA) is 79.2 Å². The molecule has 100 valence electrons. The van der Waals surface area contributed by atoms with Crippen LogP contribution in [-0.4, -0.2) is 46.0 Å². The van der Waals surface area contributed by atoms with E-state index in [1.165, 1.54) is 36.5 Å². The second-order valence-electron chi connectivity index (χ2n) is 3.79. The summed E-state index contributed by atoms with van der Waals surface area (Å²) in [6, 6.07) is 4.23. The van der Waals surface area contributed by atoms with Gasteiger partial charge in [-0.15, -0.1) is 4.40 Å². The molecular weight excluding hydrogens is 256 g/mol. The molecule has 0 aromatic heterocycles. The number of benzene rings is 1. The van der Waals surface area contributed by atoms with Crippen LogP contribution >= 0.6 is 0 Å². The Balaban J connectivity index is 3.18. The second kappa shape index (κ2) is 5.83. The lowest BCUT2D eigenvalue weighted by Gasteiger charge is -2.08. The third kappa shape index (κ3) is 3.44. The van der Waals surface area contributed by atoms with Crippen molar-refractivity contribution in [1.29, 1.82) is 0 Å². The lowest BCUT2D eigenvalue weighted by Crippen LogP contribution is -2.10. The van der Waals surface area contributed by atoms with E-state index >= 15 is 0 Å². The number of aliphatic hydroxyl groups excluding tert-OH is 1. The van der Waals surface area contributed by atoms with Crippen molar-refractivity contribution < 1.29 is 18.3 Å². The average Bonchev–Trinajstić information content (AvgIpc) is 2.35. The minimum absolute atomic E-state index is 0.0189. The fourth-order valence-corrected chi connectivity index (χ4v) is 2.22. The fourth-order valence-electron chi connectivity index (χ4n) is 1.26. The maximum Gasteiger partial charge on any atom is 0.283 e. The molecule has 1 aromatic carbocycles. The first-order valence-electron chi connectivity index (χ1n) is 5.15.